The summed E-state index contributed by atoms with van der Waals surface area (Å²) in [6.07, 6.45) is 7.14. The monoisotopic (exact) mass is 280 g/mol. The molecule has 1 fully saturated rings. The zero-order chi connectivity index (χ0) is 14.5. The van der Waals surface area contributed by atoms with E-state index in [4.69, 9.17) is 4.74 Å². The minimum absolute atomic E-state index is 0.345. The van der Waals surface area contributed by atoms with Crippen LogP contribution in [0.3, 0.4) is 0 Å². The second-order valence-electron chi connectivity index (χ2n) is 5.94. The Labute approximate surface area is 122 Å². The molecule has 1 aliphatic rings. The first-order chi connectivity index (χ1) is 9.67. The molecule has 1 atom stereocenters. The molecule has 1 saturated carbocycles. The molecule has 5 heteroatoms. The van der Waals surface area contributed by atoms with Crippen molar-refractivity contribution in [3.05, 3.63) is 11.9 Å². The van der Waals surface area contributed by atoms with Crippen LogP contribution in [0, 0.1) is 5.92 Å². The van der Waals surface area contributed by atoms with Crippen LogP contribution in [0.1, 0.15) is 37.4 Å². The van der Waals surface area contributed by atoms with Crippen molar-refractivity contribution < 1.29 is 4.74 Å². The van der Waals surface area contributed by atoms with Crippen molar-refractivity contribution in [2.75, 3.05) is 34.8 Å². The third kappa shape index (κ3) is 3.33. The predicted octanol–water partition coefficient (Wildman–Crippen LogP) is 1.90. The van der Waals surface area contributed by atoms with Gasteiger partial charge < -0.3 is 15.0 Å². The summed E-state index contributed by atoms with van der Waals surface area (Å²) in [4.78, 5) is 2.18. The Balaban J connectivity index is 2.23. The molecule has 0 aliphatic heterocycles. The highest BCUT2D eigenvalue weighted by Crippen LogP contribution is 2.38. The lowest BCUT2D eigenvalue weighted by molar-refractivity contribution is 0.323. The molecule has 1 aromatic rings. The van der Waals surface area contributed by atoms with Gasteiger partial charge in [0.1, 0.15) is 0 Å². The summed E-state index contributed by atoms with van der Waals surface area (Å²) >= 11 is 0. The molecule has 1 unspecified atom stereocenters. The van der Waals surface area contributed by atoms with E-state index < -0.39 is 0 Å². The van der Waals surface area contributed by atoms with Gasteiger partial charge in [-0.25, -0.2) is 0 Å². The molecule has 0 aromatic carbocycles. The van der Waals surface area contributed by atoms with E-state index in [-0.39, 0.29) is 0 Å². The topological polar surface area (TPSA) is 42.3 Å². The van der Waals surface area contributed by atoms with Gasteiger partial charge in [0, 0.05) is 6.54 Å². The maximum Gasteiger partial charge on any atom is 0.161 e. The number of nitrogens with one attached hydrogen (secondary N) is 1. The number of ether oxygens (including phenoxy) is 1. The first-order valence-corrected chi connectivity index (χ1v) is 7.59. The third-order valence-corrected chi connectivity index (χ3v) is 4.30. The average molecular weight is 280 g/mol. The maximum absolute atomic E-state index is 5.54. The summed E-state index contributed by atoms with van der Waals surface area (Å²) in [6.45, 7) is 1.88. The van der Waals surface area contributed by atoms with Crippen LogP contribution < -0.4 is 10.1 Å². The van der Waals surface area contributed by atoms with Crippen LogP contribution in [0.2, 0.25) is 0 Å². The van der Waals surface area contributed by atoms with E-state index in [2.05, 4.69) is 34.1 Å². The van der Waals surface area contributed by atoms with Crippen LogP contribution in [-0.2, 0) is 6.54 Å². The number of hydrogen-bond donors (Lipinski definition) is 1. The summed E-state index contributed by atoms with van der Waals surface area (Å²) < 4.78 is 7.65. The van der Waals surface area contributed by atoms with Crippen LogP contribution in [0.5, 0.6) is 5.75 Å². The van der Waals surface area contributed by atoms with Crippen molar-refractivity contribution in [2.24, 2.45) is 5.92 Å². The minimum atomic E-state index is 0.345. The first kappa shape index (κ1) is 15.3. The highest BCUT2D eigenvalue weighted by molar-refractivity contribution is 5.29. The molecule has 1 heterocycles. The molecule has 114 valence electrons. The minimum Gasteiger partial charge on any atom is -0.493 e. The van der Waals surface area contributed by atoms with Crippen molar-refractivity contribution in [1.82, 2.24) is 20.0 Å². The van der Waals surface area contributed by atoms with Crippen molar-refractivity contribution >= 4 is 0 Å². The second-order valence-corrected chi connectivity index (χ2v) is 5.94. The fourth-order valence-electron chi connectivity index (χ4n) is 3.21. The molecule has 1 N–H and O–H groups in total. The lowest BCUT2D eigenvalue weighted by Crippen LogP contribution is -2.28. The highest BCUT2D eigenvalue weighted by Gasteiger charge is 2.30. The fraction of sp³-hybridized carbons (Fsp3) is 0.800. The summed E-state index contributed by atoms with van der Waals surface area (Å²) in [6, 6.07) is 0.345. The molecule has 0 saturated heterocycles. The van der Waals surface area contributed by atoms with E-state index >= 15 is 0 Å². The second kappa shape index (κ2) is 7.09. The Hall–Kier alpha value is -1.07. The van der Waals surface area contributed by atoms with E-state index in [9.17, 15) is 0 Å². The number of methoxy groups -OCH3 is 1. The van der Waals surface area contributed by atoms with E-state index in [1.807, 2.05) is 13.2 Å². The number of aromatic nitrogens is 2. The zero-order valence-electron chi connectivity index (χ0n) is 13.2. The van der Waals surface area contributed by atoms with Gasteiger partial charge in [-0.05, 0) is 39.9 Å². The van der Waals surface area contributed by atoms with Gasteiger partial charge in [-0.2, -0.15) is 5.10 Å². The predicted molar refractivity (Wildman–Crippen MR) is 81.1 cm³/mol. The van der Waals surface area contributed by atoms with Crippen molar-refractivity contribution in [1.29, 1.82) is 0 Å². The van der Waals surface area contributed by atoms with Gasteiger partial charge in [0.05, 0.1) is 31.6 Å². The first-order valence-electron chi connectivity index (χ1n) is 7.59. The van der Waals surface area contributed by atoms with Crippen molar-refractivity contribution in [3.63, 3.8) is 0 Å². The number of hydrogen-bond acceptors (Lipinski definition) is 4. The van der Waals surface area contributed by atoms with Crippen LogP contribution >= 0.6 is 0 Å². The number of nitrogens with zero attached hydrogens (tertiary/aromatic N) is 3. The molecule has 0 spiro atoms. The summed E-state index contributed by atoms with van der Waals surface area (Å²) in [7, 11) is 7.96. The standard InChI is InChI=1S/C15H28N4O/c1-16-14(12-7-5-6-8-12)15-13(20-4)11-17-19(15)10-9-18(2)3/h11-12,14,16H,5-10H2,1-4H3. The van der Waals surface area contributed by atoms with Gasteiger partial charge in [-0.1, -0.05) is 12.8 Å². The summed E-state index contributed by atoms with van der Waals surface area (Å²) in [5.74, 6) is 1.61. The molecular formula is C15H28N4O. The normalized spacial score (nSPS) is 17.9. The van der Waals surface area contributed by atoms with Gasteiger partial charge >= 0.3 is 0 Å². The molecule has 0 bridgehead atoms. The highest BCUT2D eigenvalue weighted by atomic mass is 16.5. The van der Waals surface area contributed by atoms with Gasteiger partial charge in [0.25, 0.3) is 0 Å². The molecule has 20 heavy (non-hydrogen) atoms. The number of likely N-dealkylation sites (N-methyl/N-ethyl adjacent to an activating group) is 1. The van der Waals surface area contributed by atoms with Crippen LogP contribution in [0.25, 0.3) is 0 Å². The molecule has 2 rings (SSSR count). The van der Waals surface area contributed by atoms with Gasteiger partial charge in [0.2, 0.25) is 0 Å². The largest absolute Gasteiger partial charge is 0.493 e. The SMILES string of the molecule is CNC(c1c(OC)cnn1CCN(C)C)C1CCCC1. The Bertz CT molecular complexity index is 410. The zero-order valence-corrected chi connectivity index (χ0v) is 13.2. The third-order valence-electron chi connectivity index (χ3n) is 4.30. The average Bonchev–Trinajstić information content (AvgIpc) is 3.07. The molecule has 0 amide bonds. The van der Waals surface area contributed by atoms with Gasteiger partial charge in [-0.15, -0.1) is 0 Å². The van der Waals surface area contributed by atoms with Crippen LogP contribution in [0.4, 0.5) is 0 Å². The smallest absolute Gasteiger partial charge is 0.161 e. The molecule has 1 aromatic heterocycles. The van der Waals surface area contributed by atoms with Gasteiger partial charge in [0.15, 0.2) is 5.75 Å². The van der Waals surface area contributed by atoms with Crippen LogP contribution in [0.15, 0.2) is 6.20 Å². The molecule has 5 nitrogen and oxygen atoms in total. The lowest BCUT2D eigenvalue weighted by atomic mass is 9.95. The van der Waals surface area contributed by atoms with Gasteiger partial charge in [-0.3, -0.25) is 4.68 Å². The van der Waals surface area contributed by atoms with E-state index in [1.165, 1.54) is 31.4 Å². The molecular weight excluding hydrogens is 252 g/mol. The van der Waals surface area contributed by atoms with Crippen molar-refractivity contribution in [2.45, 2.75) is 38.3 Å². The van der Waals surface area contributed by atoms with E-state index in [0.717, 1.165) is 18.8 Å². The number of rotatable bonds is 7. The fourth-order valence-corrected chi connectivity index (χ4v) is 3.21. The molecule has 0 radical (unpaired) electrons. The maximum atomic E-state index is 5.54. The molecule has 1 aliphatic carbocycles. The Kier molecular flexibility index (Phi) is 5.43. The summed E-state index contributed by atoms with van der Waals surface area (Å²) in [5, 5.41) is 8.02. The lowest BCUT2D eigenvalue weighted by Gasteiger charge is -2.25. The Morgan fingerprint density at radius 2 is 2.15 bits per heavy atom. The summed E-state index contributed by atoms with van der Waals surface area (Å²) in [5.41, 5.74) is 1.21. The van der Waals surface area contributed by atoms with Crippen molar-refractivity contribution in [3.8, 4) is 5.75 Å². The quantitative estimate of drug-likeness (QED) is 0.828. The Morgan fingerprint density at radius 1 is 1.45 bits per heavy atom. The Morgan fingerprint density at radius 3 is 2.70 bits per heavy atom. The van der Waals surface area contributed by atoms with E-state index in [1.54, 1.807) is 7.11 Å². The van der Waals surface area contributed by atoms with Crippen LogP contribution in [-0.4, -0.2) is 49.5 Å². The van der Waals surface area contributed by atoms with E-state index in [0.29, 0.717) is 12.0 Å².